The van der Waals surface area contributed by atoms with E-state index in [0.29, 0.717) is 30.0 Å². The molecule has 2 aliphatic heterocycles. The Labute approximate surface area is 212 Å². The maximum Gasteiger partial charge on any atom is 0.126 e. The molecule has 0 radical (unpaired) electrons. The molecule has 2 aliphatic rings. The summed E-state index contributed by atoms with van der Waals surface area (Å²) in [5.41, 5.74) is 4.83. The SMILES string of the molecule is ON=Cc1ncccc1-c1ccc2ncc(-c3cc(F)cc(F)c3)c(N3CC[C@H]4NCCOC4C3)c2c1. The molecular formula is C28H25F2N5O2. The highest BCUT2D eigenvalue weighted by molar-refractivity contribution is 6.02. The first kappa shape index (κ1) is 23.4. The minimum Gasteiger partial charge on any atom is -0.411 e. The number of ether oxygens (including phenoxy) is 1. The number of hydrogen-bond donors (Lipinski definition) is 2. The molecule has 1 unspecified atom stereocenters. The van der Waals surface area contributed by atoms with Gasteiger partial charge < -0.3 is 20.2 Å². The second kappa shape index (κ2) is 9.84. The molecule has 2 fully saturated rings. The molecule has 188 valence electrons. The third-order valence-corrected chi connectivity index (χ3v) is 7.06. The van der Waals surface area contributed by atoms with Gasteiger partial charge in [-0.2, -0.15) is 0 Å². The van der Waals surface area contributed by atoms with Crippen LogP contribution >= 0.6 is 0 Å². The Bertz CT molecular complexity index is 1470. The topological polar surface area (TPSA) is 82.9 Å². The molecule has 2 aromatic heterocycles. The quantitative estimate of drug-likeness (QED) is 0.241. The predicted octanol–water partition coefficient (Wildman–Crippen LogP) is 4.62. The first-order valence-corrected chi connectivity index (χ1v) is 12.2. The summed E-state index contributed by atoms with van der Waals surface area (Å²) in [6.45, 7) is 2.87. The molecular weight excluding hydrogens is 476 g/mol. The fourth-order valence-corrected chi connectivity index (χ4v) is 5.40. The van der Waals surface area contributed by atoms with Crippen molar-refractivity contribution in [1.29, 1.82) is 0 Å². The summed E-state index contributed by atoms with van der Waals surface area (Å²) < 4.78 is 34.6. The predicted molar refractivity (Wildman–Crippen MR) is 138 cm³/mol. The van der Waals surface area contributed by atoms with E-state index in [9.17, 15) is 8.78 Å². The average molecular weight is 502 g/mol. The standard InChI is InChI=1S/C28H25F2N5O2/c29-19-10-18(11-20(30)13-19)23-14-33-24-4-3-17(21-2-1-6-31-26(21)15-34-36)12-22(24)28(23)35-8-5-25-27(16-35)37-9-7-32-25/h1-4,6,10-15,25,27,32,36H,5,7-9,16H2/t25-,27?/m1/s1. The van der Waals surface area contributed by atoms with Gasteiger partial charge in [0.1, 0.15) is 11.6 Å². The molecule has 7 nitrogen and oxygen atoms in total. The number of oxime groups is 1. The molecule has 2 saturated heterocycles. The van der Waals surface area contributed by atoms with Gasteiger partial charge in [0.2, 0.25) is 0 Å². The van der Waals surface area contributed by atoms with Crippen LogP contribution in [0.4, 0.5) is 14.5 Å². The van der Waals surface area contributed by atoms with E-state index in [1.807, 2.05) is 30.3 Å². The maximum absolute atomic E-state index is 14.3. The first-order valence-electron chi connectivity index (χ1n) is 12.2. The number of piperidine rings is 1. The zero-order valence-electron chi connectivity index (χ0n) is 19.9. The summed E-state index contributed by atoms with van der Waals surface area (Å²) in [5.74, 6) is -1.28. The second-order valence-corrected chi connectivity index (χ2v) is 9.30. The molecule has 0 aliphatic carbocycles. The van der Waals surface area contributed by atoms with E-state index in [1.54, 1.807) is 12.4 Å². The van der Waals surface area contributed by atoms with Crippen molar-refractivity contribution in [2.75, 3.05) is 31.1 Å². The average Bonchev–Trinajstić information content (AvgIpc) is 2.92. The Morgan fingerprint density at radius 1 is 1.05 bits per heavy atom. The molecule has 0 bridgehead atoms. The molecule has 4 heterocycles. The van der Waals surface area contributed by atoms with Crippen LogP contribution in [0.5, 0.6) is 0 Å². The lowest BCUT2D eigenvalue weighted by molar-refractivity contribution is -0.00896. The van der Waals surface area contributed by atoms with Crippen molar-refractivity contribution in [1.82, 2.24) is 15.3 Å². The monoisotopic (exact) mass is 501 g/mol. The molecule has 6 rings (SSSR count). The van der Waals surface area contributed by atoms with Crippen LogP contribution in [0.15, 0.2) is 66.1 Å². The molecule has 2 atom stereocenters. The Balaban J connectivity index is 1.55. The number of anilines is 1. The van der Waals surface area contributed by atoms with Crippen LogP contribution in [0.1, 0.15) is 12.1 Å². The van der Waals surface area contributed by atoms with Crippen LogP contribution in [0.25, 0.3) is 33.2 Å². The number of pyridine rings is 2. The summed E-state index contributed by atoms with van der Waals surface area (Å²) in [6, 6.07) is 13.4. The Hall–Kier alpha value is -3.95. The number of nitrogens with zero attached hydrogens (tertiary/aromatic N) is 4. The molecule has 37 heavy (non-hydrogen) atoms. The number of fused-ring (bicyclic) bond motifs is 2. The second-order valence-electron chi connectivity index (χ2n) is 9.30. The van der Waals surface area contributed by atoms with Crippen LogP contribution in [0.2, 0.25) is 0 Å². The fourth-order valence-electron chi connectivity index (χ4n) is 5.40. The number of nitrogens with one attached hydrogen (secondary N) is 1. The molecule has 9 heteroatoms. The first-order chi connectivity index (χ1) is 18.1. The Kier molecular flexibility index (Phi) is 6.23. The van der Waals surface area contributed by atoms with E-state index in [-0.39, 0.29) is 12.1 Å². The number of aromatic nitrogens is 2. The number of halogens is 2. The van der Waals surface area contributed by atoms with Gasteiger partial charge in [-0.05, 0) is 47.9 Å². The van der Waals surface area contributed by atoms with Crippen LogP contribution < -0.4 is 10.2 Å². The van der Waals surface area contributed by atoms with Gasteiger partial charge in [0, 0.05) is 60.6 Å². The number of hydrogen-bond acceptors (Lipinski definition) is 7. The number of morpholine rings is 1. The van der Waals surface area contributed by atoms with E-state index in [1.165, 1.54) is 18.3 Å². The molecule has 0 saturated carbocycles. The van der Waals surface area contributed by atoms with Crippen molar-refractivity contribution in [2.24, 2.45) is 5.16 Å². The van der Waals surface area contributed by atoms with Crippen molar-refractivity contribution in [3.63, 3.8) is 0 Å². The van der Waals surface area contributed by atoms with Crippen molar-refractivity contribution in [2.45, 2.75) is 18.6 Å². The Morgan fingerprint density at radius 3 is 2.76 bits per heavy atom. The minimum atomic E-state index is -0.642. The maximum atomic E-state index is 14.3. The van der Waals surface area contributed by atoms with Crippen LogP contribution in [0, 0.1) is 11.6 Å². The zero-order valence-corrected chi connectivity index (χ0v) is 19.9. The van der Waals surface area contributed by atoms with Gasteiger partial charge in [0.15, 0.2) is 0 Å². The van der Waals surface area contributed by atoms with Gasteiger partial charge >= 0.3 is 0 Å². The van der Waals surface area contributed by atoms with E-state index in [4.69, 9.17) is 9.94 Å². The summed E-state index contributed by atoms with van der Waals surface area (Å²) in [4.78, 5) is 11.2. The van der Waals surface area contributed by atoms with Gasteiger partial charge in [-0.3, -0.25) is 9.97 Å². The lowest BCUT2D eigenvalue weighted by Gasteiger charge is -2.43. The summed E-state index contributed by atoms with van der Waals surface area (Å²) >= 11 is 0. The normalized spacial score (nSPS) is 19.9. The van der Waals surface area contributed by atoms with Gasteiger partial charge in [0.05, 0.1) is 35.8 Å². The van der Waals surface area contributed by atoms with Crippen molar-refractivity contribution < 1.29 is 18.7 Å². The molecule has 2 N–H and O–H groups in total. The van der Waals surface area contributed by atoms with E-state index < -0.39 is 11.6 Å². The van der Waals surface area contributed by atoms with Crippen molar-refractivity contribution in [3.05, 3.63) is 78.3 Å². The molecule has 0 spiro atoms. The lowest BCUT2D eigenvalue weighted by atomic mass is 9.94. The highest BCUT2D eigenvalue weighted by Crippen LogP contribution is 2.40. The number of benzene rings is 2. The molecule has 4 aromatic rings. The summed E-state index contributed by atoms with van der Waals surface area (Å²) in [5, 5.41) is 16.7. The van der Waals surface area contributed by atoms with Gasteiger partial charge in [-0.15, -0.1) is 0 Å². The fraction of sp³-hybridized carbons (Fsp3) is 0.250. The molecule has 2 aromatic carbocycles. The van der Waals surface area contributed by atoms with Crippen LogP contribution in [-0.2, 0) is 4.74 Å². The van der Waals surface area contributed by atoms with Gasteiger partial charge in [0.25, 0.3) is 0 Å². The lowest BCUT2D eigenvalue weighted by Crippen LogP contribution is -2.57. The summed E-state index contributed by atoms with van der Waals surface area (Å²) in [7, 11) is 0. The van der Waals surface area contributed by atoms with Gasteiger partial charge in [-0.25, -0.2) is 8.78 Å². The largest absolute Gasteiger partial charge is 0.411 e. The van der Waals surface area contributed by atoms with Gasteiger partial charge in [-0.1, -0.05) is 17.3 Å². The minimum absolute atomic E-state index is 0.0108. The van der Waals surface area contributed by atoms with Crippen molar-refractivity contribution in [3.8, 4) is 22.3 Å². The summed E-state index contributed by atoms with van der Waals surface area (Å²) in [6.07, 6.45) is 5.50. The van der Waals surface area contributed by atoms with Crippen LogP contribution in [-0.4, -0.2) is 59.8 Å². The van der Waals surface area contributed by atoms with Crippen molar-refractivity contribution >= 4 is 22.8 Å². The third kappa shape index (κ3) is 4.52. The smallest absolute Gasteiger partial charge is 0.126 e. The zero-order chi connectivity index (χ0) is 25.4. The number of rotatable bonds is 4. The molecule has 0 amide bonds. The van der Waals surface area contributed by atoms with E-state index in [2.05, 4.69) is 25.3 Å². The van der Waals surface area contributed by atoms with E-state index >= 15 is 0 Å². The highest BCUT2D eigenvalue weighted by atomic mass is 19.1. The third-order valence-electron chi connectivity index (χ3n) is 7.06. The van der Waals surface area contributed by atoms with Crippen LogP contribution in [0.3, 0.4) is 0 Å². The van der Waals surface area contributed by atoms with E-state index in [0.717, 1.165) is 53.3 Å². The highest BCUT2D eigenvalue weighted by Gasteiger charge is 2.33. The Morgan fingerprint density at radius 2 is 1.92 bits per heavy atom.